The highest BCUT2D eigenvalue weighted by atomic mass is 79.9. The Morgan fingerprint density at radius 2 is 2.00 bits per heavy atom. The van der Waals surface area contributed by atoms with Gasteiger partial charge in [0, 0.05) is 15.6 Å². The van der Waals surface area contributed by atoms with Gasteiger partial charge in [0.1, 0.15) is 12.4 Å². The molecule has 0 saturated heterocycles. The Balaban J connectivity index is 1.70. The van der Waals surface area contributed by atoms with E-state index in [4.69, 9.17) is 9.47 Å². The highest BCUT2D eigenvalue weighted by Gasteiger charge is 2.14. The van der Waals surface area contributed by atoms with E-state index in [0.29, 0.717) is 45.8 Å². The molecule has 0 atom stereocenters. The molecule has 0 radical (unpaired) electrons. The van der Waals surface area contributed by atoms with Gasteiger partial charge in [0.25, 0.3) is 5.56 Å². The van der Waals surface area contributed by atoms with Crippen LogP contribution < -0.4 is 15.0 Å². The molecule has 0 saturated carbocycles. The van der Waals surface area contributed by atoms with Crippen LogP contribution in [0.3, 0.4) is 0 Å². The van der Waals surface area contributed by atoms with E-state index in [1.807, 2.05) is 30.3 Å². The molecular formula is C28H23BrN4O3. The number of aryl methyl sites for hydroxylation is 1. The molecule has 36 heavy (non-hydrogen) atoms. The Kier molecular flexibility index (Phi) is 7.62. The highest BCUT2D eigenvalue weighted by molar-refractivity contribution is 9.10. The van der Waals surface area contributed by atoms with Crippen LogP contribution in [0.25, 0.3) is 10.9 Å². The zero-order valence-electron chi connectivity index (χ0n) is 19.9. The first-order valence-corrected chi connectivity index (χ1v) is 11.9. The van der Waals surface area contributed by atoms with Crippen molar-refractivity contribution in [1.82, 2.24) is 9.66 Å². The van der Waals surface area contributed by atoms with Crippen LogP contribution in [0.15, 0.2) is 81.6 Å². The predicted molar refractivity (Wildman–Crippen MR) is 144 cm³/mol. The van der Waals surface area contributed by atoms with E-state index in [1.165, 1.54) is 4.68 Å². The lowest BCUT2D eigenvalue weighted by molar-refractivity contribution is 0.281. The minimum absolute atomic E-state index is 0.213. The average Bonchev–Trinajstić information content (AvgIpc) is 2.88. The maximum atomic E-state index is 13.0. The number of hydrogen-bond donors (Lipinski definition) is 0. The normalized spacial score (nSPS) is 10.9. The molecule has 0 N–H and O–H groups in total. The smallest absolute Gasteiger partial charge is 0.282 e. The molecule has 0 fully saturated rings. The Morgan fingerprint density at radius 3 is 2.75 bits per heavy atom. The summed E-state index contributed by atoms with van der Waals surface area (Å²) in [5, 5.41) is 14.3. The molecule has 0 amide bonds. The summed E-state index contributed by atoms with van der Waals surface area (Å²) in [7, 11) is 1.56. The molecule has 0 aliphatic heterocycles. The highest BCUT2D eigenvalue weighted by Crippen LogP contribution is 2.34. The lowest BCUT2D eigenvalue weighted by Gasteiger charge is -2.16. The van der Waals surface area contributed by atoms with Gasteiger partial charge in [-0.1, -0.05) is 40.2 Å². The van der Waals surface area contributed by atoms with Crippen molar-refractivity contribution in [1.29, 1.82) is 5.26 Å². The molecule has 180 valence electrons. The summed E-state index contributed by atoms with van der Waals surface area (Å²) in [4.78, 5) is 17.5. The average molecular weight is 543 g/mol. The number of ether oxygens (including phenoxy) is 2. The van der Waals surface area contributed by atoms with Crippen LogP contribution in [0.4, 0.5) is 0 Å². The fourth-order valence-corrected chi connectivity index (χ4v) is 4.17. The van der Waals surface area contributed by atoms with Crippen molar-refractivity contribution in [2.75, 3.05) is 7.11 Å². The Bertz CT molecular complexity index is 1580. The minimum atomic E-state index is -0.260. The maximum absolute atomic E-state index is 13.0. The molecule has 0 spiro atoms. The molecule has 8 heteroatoms. The molecule has 4 aromatic rings. The number of allylic oxidation sites excluding steroid dienone is 1. The Hall–Kier alpha value is -4.22. The maximum Gasteiger partial charge on any atom is 0.282 e. The van der Waals surface area contributed by atoms with E-state index in [0.717, 1.165) is 15.6 Å². The van der Waals surface area contributed by atoms with Crippen molar-refractivity contribution in [3.8, 4) is 17.6 Å². The van der Waals surface area contributed by atoms with Crippen molar-refractivity contribution in [2.24, 2.45) is 5.10 Å². The molecule has 7 nitrogen and oxygen atoms in total. The third-order valence-corrected chi connectivity index (χ3v) is 6.03. The second kappa shape index (κ2) is 11.0. The summed E-state index contributed by atoms with van der Waals surface area (Å²) < 4.78 is 13.8. The SMILES string of the molecule is C=CCc1cc(C=Nn2c(C)nc3ccc(Br)cc3c2=O)cc(OC)c1OCc1ccccc1C#N. The van der Waals surface area contributed by atoms with E-state index < -0.39 is 0 Å². The Labute approximate surface area is 217 Å². The van der Waals surface area contributed by atoms with E-state index in [2.05, 4.69) is 38.7 Å². The minimum Gasteiger partial charge on any atom is -0.493 e. The van der Waals surface area contributed by atoms with Gasteiger partial charge in [-0.3, -0.25) is 4.79 Å². The standard InChI is InChI=1S/C28H23BrN4O3/c1-4-7-20-12-19(13-26(35-3)27(20)36-17-22-9-6-5-8-21(22)15-30)16-31-33-18(2)32-25-11-10-23(29)14-24(25)28(33)34/h4-6,8-14,16H,1,7,17H2,2-3H3. The van der Waals surface area contributed by atoms with E-state index in [-0.39, 0.29) is 12.2 Å². The number of nitriles is 1. The molecule has 0 bridgehead atoms. The molecule has 0 aliphatic carbocycles. The number of nitrogens with zero attached hydrogens (tertiary/aromatic N) is 4. The number of aromatic nitrogens is 2. The van der Waals surface area contributed by atoms with E-state index in [9.17, 15) is 10.1 Å². The molecule has 1 heterocycles. The first-order chi connectivity index (χ1) is 17.4. The molecule has 1 aromatic heterocycles. The van der Waals surface area contributed by atoms with Gasteiger partial charge in [-0.05, 0) is 55.3 Å². The molecule has 3 aromatic carbocycles. The van der Waals surface area contributed by atoms with Gasteiger partial charge in [-0.15, -0.1) is 6.58 Å². The number of benzene rings is 3. The van der Waals surface area contributed by atoms with Crippen molar-refractivity contribution in [3.63, 3.8) is 0 Å². The van der Waals surface area contributed by atoms with E-state index >= 15 is 0 Å². The Morgan fingerprint density at radius 1 is 1.19 bits per heavy atom. The second-order valence-corrected chi connectivity index (χ2v) is 8.86. The van der Waals surface area contributed by atoms with Gasteiger partial charge in [0.15, 0.2) is 11.5 Å². The fourth-order valence-electron chi connectivity index (χ4n) is 3.81. The second-order valence-electron chi connectivity index (χ2n) is 7.94. The van der Waals surface area contributed by atoms with Crippen LogP contribution in [-0.4, -0.2) is 23.0 Å². The summed E-state index contributed by atoms with van der Waals surface area (Å²) in [6.07, 6.45) is 3.88. The molecule has 4 rings (SSSR count). The largest absolute Gasteiger partial charge is 0.493 e. The number of fused-ring (bicyclic) bond motifs is 1. The third-order valence-electron chi connectivity index (χ3n) is 5.54. The van der Waals surface area contributed by atoms with Gasteiger partial charge < -0.3 is 9.47 Å². The van der Waals surface area contributed by atoms with Crippen LogP contribution in [0, 0.1) is 18.3 Å². The van der Waals surface area contributed by atoms with Crippen LogP contribution in [0.5, 0.6) is 11.5 Å². The van der Waals surface area contributed by atoms with Crippen molar-refractivity contribution in [2.45, 2.75) is 20.0 Å². The molecular weight excluding hydrogens is 520 g/mol. The van der Waals surface area contributed by atoms with Gasteiger partial charge in [0.2, 0.25) is 0 Å². The van der Waals surface area contributed by atoms with Crippen molar-refractivity contribution in [3.05, 3.63) is 110 Å². The van der Waals surface area contributed by atoms with Crippen molar-refractivity contribution < 1.29 is 9.47 Å². The predicted octanol–water partition coefficient (Wildman–Crippen LogP) is 5.54. The number of halogens is 1. The van der Waals surface area contributed by atoms with Crippen LogP contribution in [-0.2, 0) is 13.0 Å². The number of hydrogen-bond acceptors (Lipinski definition) is 6. The van der Waals surface area contributed by atoms with Crippen molar-refractivity contribution >= 4 is 33.0 Å². The first-order valence-electron chi connectivity index (χ1n) is 11.1. The van der Waals surface area contributed by atoms with E-state index in [1.54, 1.807) is 50.6 Å². The fraction of sp³-hybridized carbons (Fsp3) is 0.143. The summed E-state index contributed by atoms with van der Waals surface area (Å²) in [5.74, 6) is 1.54. The van der Waals surface area contributed by atoms with Crippen LogP contribution >= 0.6 is 15.9 Å². The van der Waals surface area contributed by atoms with Gasteiger partial charge >= 0.3 is 0 Å². The monoisotopic (exact) mass is 542 g/mol. The zero-order valence-corrected chi connectivity index (χ0v) is 21.4. The van der Waals surface area contributed by atoms with Gasteiger partial charge in [-0.25, -0.2) is 4.98 Å². The topological polar surface area (TPSA) is 89.5 Å². The zero-order chi connectivity index (χ0) is 25.7. The summed E-state index contributed by atoms with van der Waals surface area (Å²) in [5.41, 5.74) is 3.25. The third kappa shape index (κ3) is 5.21. The summed E-state index contributed by atoms with van der Waals surface area (Å²) in [6, 6.07) is 18.5. The number of methoxy groups -OCH3 is 1. The summed E-state index contributed by atoms with van der Waals surface area (Å²) >= 11 is 3.40. The lowest BCUT2D eigenvalue weighted by Crippen LogP contribution is -2.20. The summed E-state index contributed by atoms with van der Waals surface area (Å²) in [6.45, 7) is 5.80. The number of rotatable bonds is 8. The quantitative estimate of drug-likeness (QED) is 0.215. The molecule has 0 aliphatic rings. The lowest BCUT2D eigenvalue weighted by atomic mass is 10.1. The van der Waals surface area contributed by atoms with Gasteiger partial charge in [0.05, 0.1) is 35.9 Å². The van der Waals surface area contributed by atoms with Crippen LogP contribution in [0.2, 0.25) is 0 Å². The first kappa shape index (κ1) is 24.9. The molecule has 0 unspecified atom stereocenters. The van der Waals surface area contributed by atoms with Gasteiger partial charge in [-0.2, -0.15) is 15.0 Å². The van der Waals surface area contributed by atoms with Crippen LogP contribution in [0.1, 0.15) is 28.1 Å².